The van der Waals surface area contributed by atoms with E-state index in [4.69, 9.17) is 28.4 Å². The molecule has 7 aliphatic rings. The summed E-state index contributed by atoms with van der Waals surface area (Å²) >= 11 is 0. The minimum absolute atomic E-state index is 0.0258. The van der Waals surface area contributed by atoms with Crippen LogP contribution in [0.15, 0.2) is 11.6 Å². The van der Waals surface area contributed by atoms with Crippen LogP contribution in [0.25, 0.3) is 0 Å². The predicted molar refractivity (Wildman–Crippen MR) is 233 cm³/mol. The molecule has 0 amide bonds. The maximum absolute atomic E-state index is 15.0. The van der Waals surface area contributed by atoms with Crippen molar-refractivity contribution in [3.63, 3.8) is 0 Å². The van der Waals surface area contributed by atoms with Gasteiger partial charge in [0, 0.05) is 17.3 Å². The number of ether oxygens (including phenoxy) is 6. The van der Waals surface area contributed by atoms with E-state index in [-0.39, 0.29) is 40.3 Å². The molecule has 0 radical (unpaired) electrons. The molecule has 0 aromatic heterocycles. The molecular weight excluding hydrogens is 865 g/mol. The third-order valence-corrected chi connectivity index (χ3v) is 18.5. The highest BCUT2D eigenvalue weighted by Crippen LogP contribution is 2.74. The average Bonchev–Trinajstić information content (AvgIpc) is 3.53. The zero-order valence-corrected chi connectivity index (χ0v) is 40.0. The largest absolute Gasteiger partial charge is 0.394 e. The van der Waals surface area contributed by atoms with E-state index < -0.39 is 134 Å². The number of aliphatic hydroxyl groups is 11. The van der Waals surface area contributed by atoms with Crippen LogP contribution in [0.5, 0.6) is 0 Å². The summed E-state index contributed by atoms with van der Waals surface area (Å²) in [7, 11) is 0. The van der Waals surface area contributed by atoms with Crippen molar-refractivity contribution in [3.8, 4) is 0 Å². The molecule has 11 N–H and O–H groups in total. The van der Waals surface area contributed by atoms with Crippen molar-refractivity contribution in [2.45, 2.75) is 224 Å². The quantitative estimate of drug-likeness (QED) is 0.110. The molecule has 24 atom stereocenters. The van der Waals surface area contributed by atoms with Crippen LogP contribution in [0.4, 0.5) is 0 Å². The highest BCUT2D eigenvalue weighted by atomic mass is 16.8. The van der Waals surface area contributed by atoms with Gasteiger partial charge in [-0.25, -0.2) is 0 Å². The molecule has 380 valence electrons. The van der Waals surface area contributed by atoms with E-state index in [1.807, 2.05) is 0 Å². The van der Waals surface area contributed by atoms with E-state index in [2.05, 4.69) is 47.6 Å². The fourth-order valence-corrected chi connectivity index (χ4v) is 13.9. The molecule has 3 saturated heterocycles. The lowest BCUT2D eigenvalue weighted by atomic mass is 9.38. The van der Waals surface area contributed by atoms with Gasteiger partial charge in [0.25, 0.3) is 0 Å². The first-order valence-electron chi connectivity index (χ1n) is 24.2. The van der Waals surface area contributed by atoms with E-state index in [0.29, 0.717) is 38.5 Å². The molecule has 4 aliphatic carbocycles. The van der Waals surface area contributed by atoms with Crippen molar-refractivity contribution in [1.29, 1.82) is 0 Å². The minimum Gasteiger partial charge on any atom is -0.394 e. The normalized spacial score (nSPS) is 50.5. The summed E-state index contributed by atoms with van der Waals surface area (Å²) in [5, 5.41) is 116. The lowest BCUT2D eigenvalue weighted by molar-refractivity contribution is -0.378. The number of fused-ring (bicyclic) bond motifs is 5. The maximum Gasteiger partial charge on any atom is 0.187 e. The van der Waals surface area contributed by atoms with Crippen LogP contribution in [0.1, 0.15) is 114 Å². The number of ketones is 1. The van der Waals surface area contributed by atoms with Gasteiger partial charge in [-0.1, -0.05) is 53.2 Å². The van der Waals surface area contributed by atoms with Crippen LogP contribution in [-0.4, -0.2) is 185 Å². The number of allylic oxidation sites excluding steroid dienone is 1. The summed E-state index contributed by atoms with van der Waals surface area (Å²) in [4.78, 5) is 15.0. The lowest BCUT2D eigenvalue weighted by Gasteiger charge is -2.65. The number of carbonyl (C=O) groups excluding carboxylic acids is 1. The monoisotopic (exact) mass is 945 g/mol. The zero-order valence-electron chi connectivity index (χ0n) is 40.0. The minimum atomic E-state index is -1.72. The summed E-state index contributed by atoms with van der Waals surface area (Å²) < 4.78 is 35.8. The first-order valence-corrected chi connectivity index (χ1v) is 24.2. The number of aliphatic hydroxyl groups excluding tert-OH is 11. The van der Waals surface area contributed by atoms with Crippen molar-refractivity contribution in [1.82, 2.24) is 0 Å². The molecule has 3 heterocycles. The Morgan fingerprint density at radius 3 is 1.92 bits per heavy atom. The van der Waals surface area contributed by atoms with Gasteiger partial charge in [0.15, 0.2) is 18.9 Å². The van der Waals surface area contributed by atoms with Crippen LogP contribution in [0, 0.1) is 45.3 Å². The molecule has 0 unspecified atom stereocenters. The van der Waals surface area contributed by atoms with Gasteiger partial charge in [-0.05, 0) is 100 Å². The van der Waals surface area contributed by atoms with Crippen molar-refractivity contribution < 1.29 is 89.4 Å². The summed E-state index contributed by atoms with van der Waals surface area (Å²) in [6, 6.07) is 0. The Morgan fingerprint density at radius 1 is 0.727 bits per heavy atom. The molecule has 18 heteroatoms. The lowest BCUT2D eigenvalue weighted by Crippen LogP contribution is -2.65. The molecule has 7 rings (SSSR count). The Balaban J connectivity index is 1.02. The van der Waals surface area contributed by atoms with Gasteiger partial charge in [-0.3, -0.25) is 4.79 Å². The number of rotatable bonds is 13. The fourth-order valence-electron chi connectivity index (χ4n) is 13.9. The highest BCUT2D eigenvalue weighted by molar-refractivity contribution is 5.88. The van der Waals surface area contributed by atoms with Gasteiger partial charge in [0.2, 0.25) is 0 Å². The van der Waals surface area contributed by atoms with Crippen molar-refractivity contribution in [2.75, 3.05) is 13.2 Å². The second-order valence-corrected chi connectivity index (χ2v) is 22.8. The second-order valence-electron chi connectivity index (χ2n) is 22.8. The molecule has 0 aromatic rings. The molecule has 3 aliphatic heterocycles. The molecule has 0 aromatic carbocycles. The van der Waals surface area contributed by atoms with Crippen molar-refractivity contribution in [3.05, 3.63) is 11.6 Å². The first kappa shape index (κ1) is 52.6. The van der Waals surface area contributed by atoms with Crippen LogP contribution in [-0.2, 0) is 33.2 Å². The van der Waals surface area contributed by atoms with Gasteiger partial charge < -0.3 is 84.6 Å². The Bertz CT molecular complexity index is 1740. The van der Waals surface area contributed by atoms with Gasteiger partial charge in [-0.15, -0.1) is 0 Å². The summed E-state index contributed by atoms with van der Waals surface area (Å²) in [5.74, 6) is 0.593. The van der Waals surface area contributed by atoms with E-state index >= 15 is 0 Å². The van der Waals surface area contributed by atoms with E-state index in [1.54, 1.807) is 13.8 Å². The first-order chi connectivity index (χ1) is 30.7. The maximum atomic E-state index is 15.0. The number of Topliss-reactive ketones (excluding diaryl/α,β-unsaturated/α-hetero) is 1. The Labute approximate surface area is 388 Å². The third-order valence-electron chi connectivity index (χ3n) is 18.5. The fraction of sp³-hybridized carbons (Fsp3) is 0.938. The Hall–Kier alpha value is -1.27. The van der Waals surface area contributed by atoms with Crippen molar-refractivity contribution >= 4 is 5.78 Å². The SMILES string of the molecule is C[C@H](CC[C@@H](O)C(C)(C)O[C@@H]1O[C@H](CO)[C@@H](O)[C@H](O)[C@H]1O[C@@H]1O[C@@H](C)[C@H](O)[C@@H](O)[C@H]1O)[C@H]1CC[C@@]2(C)[C@@H]3CC=C4[C@@H](CC[C@H](O[C@@H]5O[C@H](CO)[C@@H](O)[C@H](O)[C@H]5O)C4(C)C)[C@]3(C)C(=O)C[C@]12C. The summed E-state index contributed by atoms with van der Waals surface area (Å²) in [6.07, 6.45) is -15.7. The smallest absolute Gasteiger partial charge is 0.187 e. The van der Waals surface area contributed by atoms with E-state index in [1.165, 1.54) is 6.92 Å². The summed E-state index contributed by atoms with van der Waals surface area (Å²) in [6.45, 7) is 16.7. The van der Waals surface area contributed by atoms with Gasteiger partial charge in [0.1, 0.15) is 72.9 Å². The molecule has 18 nitrogen and oxygen atoms in total. The summed E-state index contributed by atoms with van der Waals surface area (Å²) in [5.41, 5.74) is -1.86. The van der Waals surface area contributed by atoms with Gasteiger partial charge in [0.05, 0.1) is 37.1 Å². The standard InChI is InChI=1S/C48H80O18/c1-21(10-14-29(51)45(5,6)66-43-40(37(58)34(55)27(20-50)63-43)65-41-38(59)35(56)32(53)22(2)61-41)23-16-17-46(7)28-13-11-24-25(48(28,9)30(52)18-47(23,46)8)12-15-31(44(24,3)4)64-42-39(60)36(57)33(54)26(19-49)62-42/h11,21-23,25-29,31-43,49-51,53-60H,10,12-20H2,1-9H3/t21-,22+,23-,25-,26-,27-,28+,29-,31+,32+,33-,34-,35-,36+,37+,38-,39-,40-,41+,42+,43+,46+,47-,48+/m1/s1. The average molecular weight is 945 g/mol. The molecule has 0 bridgehead atoms. The van der Waals surface area contributed by atoms with Crippen LogP contribution >= 0.6 is 0 Å². The highest BCUT2D eigenvalue weighted by Gasteiger charge is 2.70. The topological polar surface area (TPSA) is 295 Å². The molecule has 3 saturated carbocycles. The van der Waals surface area contributed by atoms with Gasteiger partial charge >= 0.3 is 0 Å². The van der Waals surface area contributed by atoms with Crippen LogP contribution in [0.2, 0.25) is 0 Å². The van der Waals surface area contributed by atoms with Crippen LogP contribution < -0.4 is 0 Å². The van der Waals surface area contributed by atoms with E-state index in [9.17, 15) is 61.0 Å². The van der Waals surface area contributed by atoms with Gasteiger partial charge in [-0.2, -0.15) is 0 Å². The third kappa shape index (κ3) is 8.60. The van der Waals surface area contributed by atoms with E-state index in [0.717, 1.165) is 18.4 Å². The number of carbonyl (C=O) groups is 1. The number of hydrogen-bond acceptors (Lipinski definition) is 18. The molecule has 0 spiro atoms. The molecule has 6 fully saturated rings. The zero-order chi connectivity index (χ0) is 48.8. The van der Waals surface area contributed by atoms with Crippen molar-refractivity contribution in [2.24, 2.45) is 45.3 Å². The number of hydrogen-bond donors (Lipinski definition) is 11. The Morgan fingerprint density at radius 2 is 1.30 bits per heavy atom. The van der Waals surface area contributed by atoms with Crippen LogP contribution in [0.3, 0.4) is 0 Å². The second kappa shape index (κ2) is 19.1. The molecule has 66 heavy (non-hydrogen) atoms. The Kier molecular flexibility index (Phi) is 15.2. The molecular formula is C48H80O18. The predicted octanol–water partition coefficient (Wildman–Crippen LogP) is 0.180.